The lowest BCUT2D eigenvalue weighted by atomic mass is 10.0. The Bertz CT molecular complexity index is 423. The highest BCUT2D eigenvalue weighted by molar-refractivity contribution is 14.0. The zero-order valence-electron chi connectivity index (χ0n) is 12.8. The molecule has 0 saturated carbocycles. The van der Waals surface area contributed by atoms with Gasteiger partial charge in [-0.15, -0.1) is 24.0 Å². The van der Waals surface area contributed by atoms with Crippen molar-refractivity contribution in [3.63, 3.8) is 0 Å². The third-order valence-corrected chi connectivity index (χ3v) is 3.58. The number of nitrogens with zero attached hydrogens (tertiary/aromatic N) is 2. The van der Waals surface area contributed by atoms with Crippen molar-refractivity contribution in [1.82, 2.24) is 10.2 Å². The Kier molecular flexibility index (Phi) is 8.10. The molecule has 2 N–H and O–H groups in total. The average molecular weight is 407 g/mol. The van der Waals surface area contributed by atoms with Crippen LogP contribution in [-0.4, -0.2) is 42.1 Å². The number of furan rings is 1. The van der Waals surface area contributed by atoms with Crippen LogP contribution in [0, 0.1) is 5.92 Å². The molecule has 0 radical (unpaired) electrons. The number of likely N-dealkylation sites (tertiary alicyclic amines) is 1. The summed E-state index contributed by atoms with van der Waals surface area (Å²) in [4.78, 5) is 6.83. The van der Waals surface area contributed by atoms with Gasteiger partial charge in [0, 0.05) is 19.6 Å². The molecule has 5 nitrogen and oxygen atoms in total. The molecule has 2 atom stereocenters. The maximum atomic E-state index is 10.0. The topological polar surface area (TPSA) is 61.0 Å². The smallest absolute Gasteiger partial charge is 0.194 e. The molecule has 1 fully saturated rings. The minimum atomic E-state index is -0.680. The summed E-state index contributed by atoms with van der Waals surface area (Å²) in [5.74, 6) is 2.16. The van der Waals surface area contributed by atoms with Crippen LogP contribution in [0.5, 0.6) is 0 Å². The molecule has 0 bridgehead atoms. The van der Waals surface area contributed by atoms with E-state index < -0.39 is 6.10 Å². The van der Waals surface area contributed by atoms with Crippen LogP contribution >= 0.6 is 24.0 Å². The minimum Gasteiger partial charge on any atom is -0.467 e. The summed E-state index contributed by atoms with van der Waals surface area (Å²) in [5.41, 5.74) is 0. The van der Waals surface area contributed by atoms with Gasteiger partial charge in [-0.3, -0.25) is 0 Å². The van der Waals surface area contributed by atoms with Crippen molar-refractivity contribution in [2.45, 2.75) is 32.8 Å². The van der Waals surface area contributed by atoms with Crippen LogP contribution in [-0.2, 0) is 0 Å². The fraction of sp³-hybridized carbons (Fsp3) is 0.667. The summed E-state index contributed by atoms with van der Waals surface area (Å²) in [6.45, 7) is 7.55. The molecule has 1 saturated heterocycles. The van der Waals surface area contributed by atoms with E-state index in [0.29, 0.717) is 18.2 Å². The van der Waals surface area contributed by atoms with Crippen molar-refractivity contribution < 1.29 is 9.52 Å². The number of aliphatic imine (C=N–C) groups is 1. The zero-order valence-corrected chi connectivity index (χ0v) is 15.1. The van der Waals surface area contributed by atoms with Crippen molar-refractivity contribution in [3.8, 4) is 0 Å². The standard InChI is InChI=1S/C15H25N3O2.HI/c1-3-16-15(18-8-4-6-12(2)11-18)17-10-13(19)14-7-5-9-20-14;/h5,7,9,12-13,19H,3-4,6,8,10-11H2,1-2H3,(H,16,17);1H. The third-order valence-electron chi connectivity index (χ3n) is 3.58. The highest BCUT2D eigenvalue weighted by Crippen LogP contribution is 2.17. The van der Waals surface area contributed by atoms with Crippen molar-refractivity contribution in [2.75, 3.05) is 26.2 Å². The molecular weight excluding hydrogens is 381 g/mol. The highest BCUT2D eigenvalue weighted by Gasteiger charge is 2.19. The van der Waals surface area contributed by atoms with Gasteiger partial charge < -0.3 is 19.7 Å². The van der Waals surface area contributed by atoms with Gasteiger partial charge >= 0.3 is 0 Å². The lowest BCUT2D eigenvalue weighted by Crippen LogP contribution is -2.46. The summed E-state index contributed by atoms with van der Waals surface area (Å²) in [5, 5.41) is 13.3. The van der Waals surface area contributed by atoms with Crippen LogP contribution in [0.2, 0.25) is 0 Å². The normalized spacial score (nSPS) is 20.8. The van der Waals surface area contributed by atoms with Gasteiger partial charge in [-0.25, -0.2) is 4.99 Å². The van der Waals surface area contributed by atoms with Gasteiger partial charge in [0.25, 0.3) is 0 Å². The summed E-state index contributed by atoms with van der Waals surface area (Å²) < 4.78 is 5.20. The second-order valence-corrected chi connectivity index (χ2v) is 5.42. The quantitative estimate of drug-likeness (QED) is 0.458. The molecule has 0 aliphatic carbocycles. The van der Waals surface area contributed by atoms with Crippen LogP contribution in [0.1, 0.15) is 38.6 Å². The van der Waals surface area contributed by atoms with E-state index in [4.69, 9.17) is 4.42 Å². The number of halogens is 1. The van der Waals surface area contributed by atoms with Gasteiger partial charge in [-0.1, -0.05) is 6.92 Å². The van der Waals surface area contributed by atoms with Crippen LogP contribution in [0.4, 0.5) is 0 Å². The number of nitrogens with one attached hydrogen (secondary N) is 1. The maximum Gasteiger partial charge on any atom is 0.194 e. The molecule has 21 heavy (non-hydrogen) atoms. The third kappa shape index (κ3) is 5.50. The highest BCUT2D eigenvalue weighted by atomic mass is 127. The van der Waals surface area contributed by atoms with E-state index in [9.17, 15) is 5.11 Å². The Morgan fingerprint density at radius 2 is 2.43 bits per heavy atom. The summed E-state index contributed by atoms with van der Waals surface area (Å²) in [7, 11) is 0. The minimum absolute atomic E-state index is 0. The first-order valence-corrected chi connectivity index (χ1v) is 7.45. The second kappa shape index (κ2) is 9.30. The van der Waals surface area contributed by atoms with E-state index in [2.05, 4.69) is 29.1 Å². The first-order chi connectivity index (χ1) is 9.70. The average Bonchev–Trinajstić information content (AvgIpc) is 2.97. The molecule has 0 amide bonds. The van der Waals surface area contributed by atoms with Gasteiger partial charge in [0.15, 0.2) is 5.96 Å². The molecule has 2 rings (SSSR count). The second-order valence-electron chi connectivity index (χ2n) is 5.42. The Morgan fingerprint density at radius 3 is 3.05 bits per heavy atom. The van der Waals surface area contributed by atoms with Gasteiger partial charge in [0.2, 0.25) is 0 Å². The molecule has 2 unspecified atom stereocenters. The number of guanidine groups is 1. The molecule has 2 heterocycles. The molecule has 0 aromatic carbocycles. The van der Waals surface area contributed by atoms with E-state index in [1.807, 2.05) is 0 Å². The van der Waals surface area contributed by atoms with Crippen molar-refractivity contribution in [1.29, 1.82) is 0 Å². The SMILES string of the molecule is CCNC(=NCC(O)c1ccco1)N1CCCC(C)C1.I. The maximum absolute atomic E-state index is 10.0. The lowest BCUT2D eigenvalue weighted by molar-refractivity contribution is 0.157. The molecule has 1 aliphatic rings. The predicted octanol–water partition coefficient (Wildman–Crippen LogP) is 2.63. The number of aliphatic hydroxyl groups excluding tert-OH is 1. The molecule has 1 aromatic rings. The molecular formula is C15H26IN3O2. The number of rotatable bonds is 4. The van der Waals surface area contributed by atoms with Gasteiger partial charge in [-0.2, -0.15) is 0 Å². The fourth-order valence-corrected chi connectivity index (χ4v) is 2.55. The Hall–Kier alpha value is -0.760. The lowest BCUT2D eigenvalue weighted by Gasteiger charge is -2.33. The number of aliphatic hydroxyl groups is 1. The largest absolute Gasteiger partial charge is 0.467 e. The van der Waals surface area contributed by atoms with E-state index in [0.717, 1.165) is 25.6 Å². The molecule has 1 aliphatic heterocycles. The number of hydrogen-bond acceptors (Lipinski definition) is 3. The van der Waals surface area contributed by atoms with Crippen LogP contribution < -0.4 is 5.32 Å². The van der Waals surface area contributed by atoms with Crippen LogP contribution in [0.3, 0.4) is 0 Å². The van der Waals surface area contributed by atoms with Crippen molar-refractivity contribution >= 4 is 29.9 Å². The zero-order chi connectivity index (χ0) is 14.4. The van der Waals surface area contributed by atoms with E-state index in [-0.39, 0.29) is 24.0 Å². The van der Waals surface area contributed by atoms with Gasteiger partial charge in [0.05, 0.1) is 12.8 Å². The van der Waals surface area contributed by atoms with Gasteiger partial charge in [-0.05, 0) is 37.8 Å². The Morgan fingerprint density at radius 1 is 1.62 bits per heavy atom. The molecule has 120 valence electrons. The van der Waals surface area contributed by atoms with Crippen molar-refractivity contribution in [3.05, 3.63) is 24.2 Å². The molecule has 0 spiro atoms. The molecule has 6 heteroatoms. The van der Waals surface area contributed by atoms with Crippen LogP contribution in [0.25, 0.3) is 0 Å². The van der Waals surface area contributed by atoms with Crippen LogP contribution in [0.15, 0.2) is 27.8 Å². The predicted molar refractivity (Wildman–Crippen MR) is 95.0 cm³/mol. The monoisotopic (exact) mass is 407 g/mol. The van der Waals surface area contributed by atoms with E-state index in [1.165, 1.54) is 12.8 Å². The van der Waals surface area contributed by atoms with E-state index in [1.54, 1.807) is 18.4 Å². The molecule has 1 aromatic heterocycles. The Balaban J connectivity index is 0.00000220. The first-order valence-electron chi connectivity index (χ1n) is 7.45. The summed E-state index contributed by atoms with van der Waals surface area (Å²) in [6.07, 6.45) is 3.37. The van der Waals surface area contributed by atoms with Crippen molar-refractivity contribution in [2.24, 2.45) is 10.9 Å². The van der Waals surface area contributed by atoms with Gasteiger partial charge in [0.1, 0.15) is 11.9 Å². The summed E-state index contributed by atoms with van der Waals surface area (Å²) >= 11 is 0. The van der Waals surface area contributed by atoms with E-state index >= 15 is 0 Å². The fourth-order valence-electron chi connectivity index (χ4n) is 2.55. The number of hydrogen-bond donors (Lipinski definition) is 2. The summed E-state index contributed by atoms with van der Waals surface area (Å²) in [6, 6.07) is 3.55. The number of piperidine rings is 1. The Labute approximate surface area is 143 Å². The first kappa shape index (κ1) is 18.3.